The highest BCUT2D eigenvalue weighted by atomic mass is 32.2. The molecule has 6 rings (SSSR count). The molecular weight excluding hydrogens is 512 g/mol. The van der Waals surface area contributed by atoms with Crippen LogP contribution in [0.1, 0.15) is 30.0 Å². The summed E-state index contributed by atoms with van der Waals surface area (Å²) in [5, 5.41) is 7.84. The van der Waals surface area contributed by atoms with Gasteiger partial charge in [-0.1, -0.05) is 24.3 Å². The lowest BCUT2D eigenvalue weighted by Crippen LogP contribution is -2.39. The van der Waals surface area contributed by atoms with Crippen LogP contribution in [0, 0.1) is 0 Å². The lowest BCUT2D eigenvalue weighted by atomic mass is 9.96. The molecule has 3 aromatic heterocycles. The Morgan fingerprint density at radius 3 is 2.56 bits per heavy atom. The number of anilines is 1. The van der Waals surface area contributed by atoms with Gasteiger partial charge >= 0.3 is 0 Å². The summed E-state index contributed by atoms with van der Waals surface area (Å²) in [6.45, 7) is 1.42. The smallest absolute Gasteiger partial charge is 0.243 e. The quantitative estimate of drug-likeness (QED) is 0.292. The van der Waals surface area contributed by atoms with Crippen molar-refractivity contribution in [3.8, 4) is 11.5 Å². The molecule has 0 bridgehead atoms. The maximum Gasteiger partial charge on any atom is 0.243 e. The van der Waals surface area contributed by atoms with Gasteiger partial charge in [-0.3, -0.25) is 4.98 Å². The molecule has 1 saturated heterocycles. The average molecular weight is 541 g/mol. The Morgan fingerprint density at radius 1 is 0.949 bits per heavy atom. The molecule has 0 saturated carbocycles. The fourth-order valence-electron chi connectivity index (χ4n) is 4.82. The van der Waals surface area contributed by atoms with E-state index in [0.29, 0.717) is 31.1 Å². The lowest BCUT2D eigenvalue weighted by Gasteiger charge is -2.32. The fourth-order valence-corrected chi connectivity index (χ4v) is 6.34. The third-order valence-electron chi connectivity index (χ3n) is 6.82. The van der Waals surface area contributed by atoms with Crippen molar-refractivity contribution >= 4 is 21.5 Å². The zero-order valence-electron chi connectivity index (χ0n) is 21.2. The van der Waals surface area contributed by atoms with Gasteiger partial charge in [0, 0.05) is 50.1 Å². The van der Waals surface area contributed by atoms with Crippen molar-refractivity contribution in [1.82, 2.24) is 23.9 Å². The Bertz CT molecular complexity index is 1660. The van der Waals surface area contributed by atoms with E-state index in [1.54, 1.807) is 45.5 Å². The van der Waals surface area contributed by atoms with E-state index in [0.717, 1.165) is 35.6 Å². The van der Waals surface area contributed by atoms with Gasteiger partial charge in [0.25, 0.3) is 0 Å². The minimum absolute atomic E-state index is 0.0342. The number of benzene rings is 2. The molecule has 4 heterocycles. The first kappa shape index (κ1) is 25.0. The van der Waals surface area contributed by atoms with Crippen molar-refractivity contribution in [1.29, 1.82) is 0 Å². The number of hydrogen-bond donors (Lipinski definition) is 1. The Labute approximate surface area is 227 Å². The van der Waals surface area contributed by atoms with E-state index in [4.69, 9.17) is 9.72 Å². The molecule has 198 valence electrons. The van der Waals surface area contributed by atoms with Crippen LogP contribution in [0.2, 0.25) is 0 Å². The van der Waals surface area contributed by atoms with Crippen LogP contribution in [0.25, 0.3) is 5.65 Å². The van der Waals surface area contributed by atoms with Crippen LogP contribution in [0.3, 0.4) is 0 Å². The van der Waals surface area contributed by atoms with E-state index in [9.17, 15) is 8.42 Å². The number of piperidine rings is 1. The SMILES string of the molecule is O=S(=O)(c1ccc(Oc2ccccc2)cc1)N1CCCC(c2cc(NCc3cccnc3)n3nccc3n2)C1. The summed E-state index contributed by atoms with van der Waals surface area (Å²) in [7, 11) is -3.67. The molecule has 1 aliphatic heterocycles. The molecule has 10 heteroatoms. The molecule has 1 unspecified atom stereocenters. The van der Waals surface area contributed by atoms with Gasteiger partial charge in [-0.15, -0.1) is 0 Å². The Hall–Kier alpha value is -4.28. The van der Waals surface area contributed by atoms with Crippen molar-refractivity contribution in [3.63, 3.8) is 0 Å². The van der Waals surface area contributed by atoms with Gasteiger partial charge in [-0.2, -0.15) is 13.9 Å². The van der Waals surface area contributed by atoms with Gasteiger partial charge in [-0.25, -0.2) is 13.4 Å². The number of ether oxygens (including phenoxy) is 1. The van der Waals surface area contributed by atoms with Crippen LogP contribution < -0.4 is 10.1 Å². The normalized spacial score (nSPS) is 16.3. The molecule has 5 aromatic rings. The van der Waals surface area contributed by atoms with Crippen molar-refractivity contribution < 1.29 is 13.2 Å². The molecule has 0 spiro atoms. The second-order valence-electron chi connectivity index (χ2n) is 9.47. The summed E-state index contributed by atoms with van der Waals surface area (Å²) in [4.78, 5) is 9.25. The number of nitrogens with one attached hydrogen (secondary N) is 1. The molecular formula is C29H28N6O3S. The molecule has 0 aliphatic carbocycles. The highest BCUT2D eigenvalue weighted by molar-refractivity contribution is 7.89. The summed E-state index contributed by atoms with van der Waals surface area (Å²) in [6.07, 6.45) is 6.89. The Morgan fingerprint density at radius 2 is 1.77 bits per heavy atom. The monoisotopic (exact) mass is 540 g/mol. The number of pyridine rings is 1. The van der Waals surface area contributed by atoms with E-state index in [-0.39, 0.29) is 10.8 Å². The van der Waals surface area contributed by atoms with Crippen molar-refractivity contribution in [2.75, 3.05) is 18.4 Å². The maximum absolute atomic E-state index is 13.6. The summed E-state index contributed by atoms with van der Waals surface area (Å²) in [5.41, 5.74) is 2.62. The van der Waals surface area contributed by atoms with Crippen molar-refractivity contribution in [2.45, 2.75) is 30.2 Å². The first-order chi connectivity index (χ1) is 19.1. The van der Waals surface area contributed by atoms with E-state index >= 15 is 0 Å². The molecule has 1 fully saturated rings. The van der Waals surface area contributed by atoms with Crippen LogP contribution in [0.15, 0.2) is 102 Å². The van der Waals surface area contributed by atoms with Crippen LogP contribution in [0.4, 0.5) is 5.82 Å². The number of nitrogens with zero attached hydrogens (tertiary/aromatic N) is 5. The number of sulfonamides is 1. The van der Waals surface area contributed by atoms with Crippen molar-refractivity contribution in [3.05, 3.63) is 109 Å². The zero-order valence-corrected chi connectivity index (χ0v) is 22.0. The summed E-state index contributed by atoms with van der Waals surface area (Å²) in [5.74, 6) is 2.05. The number of fused-ring (bicyclic) bond motifs is 1. The number of para-hydroxylation sites is 1. The first-order valence-electron chi connectivity index (χ1n) is 12.9. The number of aromatic nitrogens is 4. The van der Waals surface area contributed by atoms with Gasteiger partial charge in [0.15, 0.2) is 5.65 Å². The minimum atomic E-state index is -3.67. The van der Waals surface area contributed by atoms with Gasteiger partial charge in [0.1, 0.15) is 17.3 Å². The summed E-state index contributed by atoms with van der Waals surface area (Å²) < 4.78 is 36.3. The predicted octanol–water partition coefficient (Wildman–Crippen LogP) is 5.10. The van der Waals surface area contributed by atoms with Gasteiger partial charge < -0.3 is 10.1 Å². The van der Waals surface area contributed by atoms with Gasteiger partial charge in [0.2, 0.25) is 10.0 Å². The standard InChI is InChI=1S/C29H28N6O3S/c36-39(37,26-12-10-25(11-13-26)38-24-8-2-1-3-9-24)34-17-5-7-23(21-34)27-18-29(35-28(33-27)14-16-32-35)31-20-22-6-4-15-30-19-22/h1-4,6,8-16,18-19,23,31H,5,7,17,20-21H2. The average Bonchev–Trinajstić information content (AvgIpc) is 3.46. The van der Waals surface area contributed by atoms with Gasteiger partial charge in [-0.05, 0) is 60.9 Å². The molecule has 39 heavy (non-hydrogen) atoms. The van der Waals surface area contributed by atoms with E-state index in [1.807, 2.05) is 60.8 Å². The Kier molecular flexibility index (Phi) is 6.95. The molecule has 0 radical (unpaired) electrons. The van der Waals surface area contributed by atoms with Crippen LogP contribution in [-0.2, 0) is 16.6 Å². The molecule has 1 aliphatic rings. The largest absolute Gasteiger partial charge is 0.457 e. The van der Waals surface area contributed by atoms with E-state index in [1.165, 1.54) is 0 Å². The minimum Gasteiger partial charge on any atom is -0.457 e. The molecule has 0 amide bonds. The highest BCUT2D eigenvalue weighted by Gasteiger charge is 2.32. The van der Waals surface area contributed by atoms with Crippen LogP contribution >= 0.6 is 0 Å². The van der Waals surface area contributed by atoms with Crippen LogP contribution in [-0.4, -0.2) is 45.4 Å². The summed E-state index contributed by atoms with van der Waals surface area (Å²) in [6, 6.07) is 23.7. The summed E-state index contributed by atoms with van der Waals surface area (Å²) >= 11 is 0. The molecule has 9 nitrogen and oxygen atoms in total. The molecule has 2 aromatic carbocycles. The number of hydrogen-bond acceptors (Lipinski definition) is 7. The third kappa shape index (κ3) is 5.47. The fraction of sp³-hybridized carbons (Fsp3) is 0.207. The lowest BCUT2D eigenvalue weighted by molar-refractivity contribution is 0.313. The highest BCUT2D eigenvalue weighted by Crippen LogP contribution is 2.32. The van der Waals surface area contributed by atoms with Crippen LogP contribution in [0.5, 0.6) is 11.5 Å². The van der Waals surface area contributed by atoms with E-state index < -0.39 is 10.0 Å². The topological polar surface area (TPSA) is 102 Å². The Balaban J connectivity index is 1.20. The van der Waals surface area contributed by atoms with Crippen molar-refractivity contribution in [2.24, 2.45) is 0 Å². The van der Waals surface area contributed by atoms with E-state index in [2.05, 4.69) is 15.4 Å². The zero-order chi connectivity index (χ0) is 26.7. The number of rotatable bonds is 8. The predicted molar refractivity (Wildman–Crippen MR) is 148 cm³/mol. The first-order valence-corrected chi connectivity index (χ1v) is 14.3. The third-order valence-corrected chi connectivity index (χ3v) is 8.70. The molecule has 1 N–H and O–H groups in total. The second kappa shape index (κ2) is 10.8. The molecule has 1 atom stereocenters. The maximum atomic E-state index is 13.6. The van der Waals surface area contributed by atoms with Gasteiger partial charge in [0.05, 0.1) is 16.8 Å². The second-order valence-corrected chi connectivity index (χ2v) is 11.4.